The maximum absolute atomic E-state index is 12.2. The van der Waals surface area contributed by atoms with Gasteiger partial charge in [0.2, 0.25) is 0 Å². The molecule has 0 amide bonds. The highest BCUT2D eigenvalue weighted by Gasteiger charge is 2.28. The zero-order valence-electron chi connectivity index (χ0n) is 11.6. The van der Waals surface area contributed by atoms with Crippen molar-refractivity contribution in [1.29, 1.82) is 0 Å². The van der Waals surface area contributed by atoms with Crippen LogP contribution in [0.5, 0.6) is 0 Å². The summed E-state index contributed by atoms with van der Waals surface area (Å²) in [6.45, 7) is 4.37. The molecule has 0 unspecified atom stereocenters. The van der Waals surface area contributed by atoms with Crippen LogP contribution in [0.2, 0.25) is 0 Å². The molecule has 1 nitrogen and oxygen atoms in total. The summed E-state index contributed by atoms with van der Waals surface area (Å²) in [5, 5.41) is 0. The van der Waals surface area contributed by atoms with Gasteiger partial charge in [-0.2, -0.15) is 0 Å². The van der Waals surface area contributed by atoms with E-state index in [-0.39, 0.29) is 5.92 Å². The Morgan fingerprint density at radius 2 is 1.83 bits per heavy atom. The monoisotopic (exact) mass is 244 g/mol. The molecule has 98 valence electrons. The van der Waals surface area contributed by atoms with Gasteiger partial charge in [-0.3, -0.25) is 4.79 Å². The average Bonchev–Trinajstić information content (AvgIpc) is 2.40. The molecule has 1 aromatic rings. The number of rotatable bonds is 4. The van der Waals surface area contributed by atoms with E-state index in [9.17, 15) is 4.79 Å². The maximum atomic E-state index is 12.2. The topological polar surface area (TPSA) is 17.1 Å². The summed E-state index contributed by atoms with van der Waals surface area (Å²) in [5.74, 6) is 1.28. The van der Waals surface area contributed by atoms with E-state index in [1.54, 1.807) is 0 Å². The molecule has 0 aliphatic heterocycles. The van der Waals surface area contributed by atoms with E-state index in [1.807, 2.05) is 0 Å². The van der Waals surface area contributed by atoms with Crippen molar-refractivity contribution in [3.63, 3.8) is 0 Å². The number of aryl methyl sites for hydroxylation is 1. The molecule has 1 aliphatic carbocycles. The Kier molecular flexibility index (Phi) is 4.57. The summed E-state index contributed by atoms with van der Waals surface area (Å²) in [5.41, 5.74) is 2.58. The Bertz CT molecular complexity index is 391. The predicted molar refractivity (Wildman–Crippen MR) is 75.8 cm³/mol. The first kappa shape index (κ1) is 13.3. The van der Waals surface area contributed by atoms with Crippen LogP contribution in [0.25, 0.3) is 0 Å². The summed E-state index contributed by atoms with van der Waals surface area (Å²) in [4.78, 5) is 12.2. The number of benzene rings is 1. The first-order valence-electron chi connectivity index (χ1n) is 7.36. The van der Waals surface area contributed by atoms with Gasteiger partial charge in [0.1, 0.15) is 5.78 Å². The third-order valence-corrected chi connectivity index (χ3v) is 4.23. The fourth-order valence-electron chi connectivity index (χ4n) is 3.09. The first-order valence-corrected chi connectivity index (χ1v) is 7.36. The predicted octanol–water partition coefficient (Wildman–Crippen LogP) is 4.50. The number of Topliss-reactive ketones (excluding diaryl/α,β-unsaturated/α-hetero) is 1. The second kappa shape index (κ2) is 6.17. The molecular weight excluding hydrogens is 220 g/mol. The van der Waals surface area contributed by atoms with Crippen molar-refractivity contribution < 1.29 is 4.79 Å². The standard InChI is InChI=1S/C17H24O/c1-3-5-14-8-11-16(17(18)12-14)15-9-6-13(4-2)7-10-15/h6-7,9-10,14,16H,3-5,8,11-12H2,1-2H3/t14-,16+/m1/s1. The second-order valence-corrected chi connectivity index (χ2v) is 5.55. The van der Waals surface area contributed by atoms with E-state index >= 15 is 0 Å². The third-order valence-electron chi connectivity index (χ3n) is 4.23. The van der Waals surface area contributed by atoms with Gasteiger partial charge in [0.05, 0.1) is 0 Å². The quantitative estimate of drug-likeness (QED) is 0.762. The minimum absolute atomic E-state index is 0.170. The van der Waals surface area contributed by atoms with Crippen LogP contribution in [0.3, 0.4) is 0 Å². The number of hydrogen-bond donors (Lipinski definition) is 0. The fourth-order valence-corrected chi connectivity index (χ4v) is 3.09. The van der Waals surface area contributed by atoms with Gasteiger partial charge in [-0.25, -0.2) is 0 Å². The van der Waals surface area contributed by atoms with Crippen molar-refractivity contribution in [3.8, 4) is 0 Å². The molecule has 0 radical (unpaired) electrons. The molecule has 0 spiro atoms. The van der Waals surface area contributed by atoms with Crippen LogP contribution in [0, 0.1) is 5.92 Å². The summed E-state index contributed by atoms with van der Waals surface area (Å²) < 4.78 is 0. The van der Waals surface area contributed by atoms with E-state index in [4.69, 9.17) is 0 Å². The molecule has 0 bridgehead atoms. The van der Waals surface area contributed by atoms with Gasteiger partial charge < -0.3 is 0 Å². The lowest BCUT2D eigenvalue weighted by molar-refractivity contribution is -0.123. The molecule has 0 N–H and O–H groups in total. The van der Waals surface area contributed by atoms with Crippen LogP contribution in [-0.2, 0) is 11.2 Å². The van der Waals surface area contributed by atoms with Gasteiger partial charge in [0.25, 0.3) is 0 Å². The normalized spacial score (nSPS) is 24.2. The van der Waals surface area contributed by atoms with Gasteiger partial charge >= 0.3 is 0 Å². The molecule has 1 saturated carbocycles. The van der Waals surface area contributed by atoms with Crippen LogP contribution in [0.1, 0.15) is 63.0 Å². The van der Waals surface area contributed by atoms with E-state index in [2.05, 4.69) is 38.1 Å². The lowest BCUT2D eigenvalue weighted by Crippen LogP contribution is -2.23. The Labute approximate surface area is 111 Å². The summed E-state index contributed by atoms with van der Waals surface area (Å²) in [7, 11) is 0. The van der Waals surface area contributed by atoms with Crippen molar-refractivity contribution in [1.82, 2.24) is 0 Å². The second-order valence-electron chi connectivity index (χ2n) is 5.55. The number of hydrogen-bond acceptors (Lipinski definition) is 1. The Morgan fingerprint density at radius 1 is 1.11 bits per heavy atom. The van der Waals surface area contributed by atoms with Gasteiger partial charge in [-0.1, -0.05) is 51.0 Å². The van der Waals surface area contributed by atoms with Crippen molar-refractivity contribution in [2.75, 3.05) is 0 Å². The molecule has 2 atom stereocenters. The van der Waals surface area contributed by atoms with Crippen LogP contribution >= 0.6 is 0 Å². The highest BCUT2D eigenvalue weighted by atomic mass is 16.1. The first-order chi connectivity index (χ1) is 8.74. The minimum Gasteiger partial charge on any atom is -0.299 e. The smallest absolute Gasteiger partial charge is 0.140 e. The largest absolute Gasteiger partial charge is 0.299 e. The van der Waals surface area contributed by atoms with Crippen molar-refractivity contribution >= 4 is 5.78 Å². The number of ketones is 1. The third kappa shape index (κ3) is 3.01. The molecule has 2 rings (SSSR count). The SMILES string of the molecule is CCC[C@@H]1CC[C@@H](c2ccc(CC)cc2)C(=O)C1. The van der Waals surface area contributed by atoms with Gasteiger partial charge in [0, 0.05) is 12.3 Å². The fraction of sp³-hybridized carbons (Fsp3) is 0.588. The Hall–Kier alpha value is -1.11. The van der Waals surface area contributed by atoms with E-state index in [0.29, 0.717) is 11.7 Å². The maximum Gasteiger partial charge on any atom is 0.140 e. The molecule has 0 saturated heterocycles. The summed E-state index contributed by atoms with van der Waals surface area (Å²) >= 11 is 0. The highest BCUT2D eigenvalue weighted by Crippen LogP contribution is 2.35. The zero-order chi connectivity index (χ0) is 13.0. The highest BCUT2D eigenvalue weighted by molar-refractivity contribution is 5.86. The van der Waals surface area contributed by atoms with Crippen LogP contribution in [-0.4, -0.2) is 5.78 Å². The number of carbonyl (C=O) groups excluding carboxylic acids is 1. The van der Waals surface area contributed by atoms with Crippen LogP contribution in [0.4, 0.5) is 0 Å². The lowest BCUT2D eigenvalue weighted by atomic mass is 9.76. The molecule has 1 heteroatoms. The van der Waals surface area contributed by atoms with Crippen LogP contribution < -0.4 is 0 Å². The number of carbonyl (C=O) groups is 1. The molecular formula is C17H24O. The van der Waals surface area contributed by atoms with Crippen molar-refractivity contribution in [2.45, 2.75) is 58.3 Å². The van der Waals surface area contributed by atoms with Crippen molar-refractivity contribution in [2.24, 2.45) is 5.92 Å². The molecule has 1 aromatic carbocycles. The van der Waals surface area contributed by atoms with Crippen LogP contribution in [0.15, 0.2) is 24.3 Å². The Morgan fingerprint density at radius 3 is 2.39 bits per heavy atom. The molecule has 1 fully saturated rings. The van der Waals surface area contributed by atoms with Gasteiger partial charge in [-0.05, 0) is 36.3 Å². The lowest BCUT2D eigenvalue weighted by Gasteiger charge is -2.27. The van der Waals surface area contributed by atoms with E-state index in [1.165, 1.54) is 30.4 Å². The Balaban J connectivity index is 2.03. The molecule has 18 heavy (non-hydrogen) atoms. The van der Waals surface area contributed by atoms with Gasteiger partial charge in [0.15, 0.2) is 0 Å². The molecule has 0 aromatic heterocycles. The summed E-state index contributed by atoms with van der Waals surface area (Å²) in [6.07, 6.45) is 6.56. The van der Waals surface area contributed by atoms with E-state index < -0.39 is 0 Å². The van der Waals surface area contributed by atoms with Crippen molar-refractivity contribution in [3.05, 3.63) is 35.4 Å². The minimum atomic E-state index is 0.170. The van der Waals surface area contributed by atoms with E-state index in [0.717, 1.165) is 19.3 Å². The average molecular weight is 244 g/mol. The van der Waals surface area contributed by atoms with Gasteiger partial charge in [-0.15, -0.1) is 0 Å². The zero-order valence-corrected chi connectivity index (χ0v) is 11.6. The summed E-state index contributed by atoms with van der Waals surface area (Å²) in [6, 6.07) is 8.64. The molecule has 0 heterocycles. The molecule has 1 aliphatic rings.